The summed E-state index contributed by atoms with van der Waals surface area (Å²) in [6.07, 6.45) is 0. The maximum Gasteiger partial charge on any atom is 0.165 e. The SMILES string of the molecule is c1ccc(-c2nc3ccccc3nc2-n2c3ccccc3c3ccc4c5ccccc5n(-c5ccc6ccccc6c5)c4c32)cc1. The fourth-order valence-corrected chi connectivity index (χ4v) is 7.24. The Bertz CT molecular complexity index is 2810. The van der Waals surface area contributed by atoms with Gasteiger partial charge in [-0.05, 0) is 47.2 Å². The minimum Gasteiger partial charge on any atom is -0.307 e. The lowest BCUT2D eigenvalue weighted by Crippen LogP contribution is -2.05. The van der Waals surface area contributed by atoms with Crippen molar-refractivity contribution in [3.05, 3.63) is 158 Å². The van der Waals surface area contributed by atoms with Gasteiger partial charge in [-0.3, -0.25) is 4.57 Å². The summed E-state index contributed by atoms with van der Waals surface area (Å²) < 4.78 is 4.79. The van der Waals surface area contributed by atoms with Crippen molar-refractivity contribution in [2.75, 3.05) is 0 Å². The number of hydrogen-bond donors (Lipinski definition) is 0. The van der Waals surface area contributed by atoms with Crippen molar-refractivity contribution in [3.8, 4) is 22.8 Å². The summed E-state index contributed by atoms with van der Waals surface area (Å²) in [5.74, 6) is 0.818. The Labute approximate surface area is 264 Å². The molecule has 0 aliphatic rings. The minimum absolute atomic E-state index is 0.818. The van der Waals surface area contributed by atoms with Crippen LogP contribution in [0.15, 0.2) is 158 Å². The molecule has 0 fully saturated rings. The van der Waals surface area contributed by atoms with Crippen LogP contribution in [0.4, 0.5) is 0 Å². The molecule has 0 unspecified atom stereocenters. The highest BCUT2D eigenvalue weighted by molar-refractivity contribution is 6.24. The Kier molecular flexibility index (Phi) is 5.25. The zero-order valence-corrected chi connectivity index (χ0v) is 24.8. The largest absolute Gasteiger partial charge is 0.307 e. The molecular formula is C42H26N4. The highest BCUT2D eigenvalue weighted by Crippen LogP contribution is 2.43. The van der Waals surface area contributed by atoms with E-state index in [0.29, 0.717) is 0 Å². The fourth-order valence-electron chi connectivity index (χ4n) is 7.24. The summed E-state index contributed by atoms with van der Waals surface area (Å²) in [4.78, 5) is 10.7. The second kappa shape index (κ2) is 9.62. The van der Waals surface area contributed by atoms with Crippen molar-refractivity contribution < 1.29 is 0 Å². The average molecular weight is 587 g/mol. The second-order valence-corrected chi connectivity index (χ2v) is 11.8. The third-order valence-corrected chi connectivity index (χ3v) is 9.27. The Morgan fingerprint density at radius 2 is 0.957 bits per heavy atom. The molecule has 4 nitrogen and oxygen atoms in total. The van der Waals surface area contributed by atoms with Crippen LogP contribution in [0.1, 0.15) is 0 Å². The zero-order chi connectivity index (χ0) is 30.2. The molecule has 0 N–H and O–H groups in total. The third-order valence-electron chi connectivity index (χ3n) is 9.27. The van der Waals surface area contributed by atoms with Crippen LogP contribution in [0, 0.1) is 0 Å². The first-order valence-corrected chi connectivity index (χ1v) is 15.6. The van der Waals surface area contributed by atoms with Crippen LogP contribution in [-0.2, 0) is 0 Å². The summed E-state index contributed by atoms with van der Waals surface area (Å²) in [7, 11) is 0. The number of hydrogen-bond acceptors (Lipinski definition) is 2. The topological polar surface area (TPSA) is 35.6 Å². The van der Waals surface area contributed by atoms with Crippen LogP contribution in [0.2, 0.25) is 0 Å². The minimum atomic E-state index is 0.818. The molecular weight excluding hydrogens is 560 g/mol. The van der Waals surface area contributed by atoms with Gasteiger partial charge in [-0.1, -0.05) is 121 Å². The van der Waals surface area contributed by atoms with Gasteiger partial charge in [0.05, 0.1) is 33.1 Å². The molecule has 10 aromatic rings. The summed E-state index contributed by atoms with van der Waals surface area (Å²) in [5, 5.41) is 7.23. The molecule has 0 atom stereocenters. The summed E-state index contributed by atoms with van der Waals surface area (Å²) in [6, 6.07) is 55.9. The van der Waals surface area contributed by atoms with E-state index in [1.807, 2.05) is 24.3 Å². The van der Waals surface area contributed by atoms with Crippen molar-refractivity contribution in [1.82, 2.24) is 19.1 Å². The summed E-state index contributed by atoms with van der Waals surface area (Å²) in [6.45, 7) is 0. The number of nitrogens with zero attached hydrogens (tertiary/aromatic N) is 4. The molecule has 0 aliphatic heterocycles. The van der Waals surface area contributed by atoms with E-state index in [9.17, 15) is 0 Å². The van der Waals surface area contributed by atoms with Crippen molar-refractivity contribution in [3.63, 3.8) is 0 Å². The zero-order valence-electron chi connectivity index (χ0n) is 24.8. The van der Waals surface area contributed by atoms with Crippen molar-refractivity contribution in [1.29, 1.82) is 0 Å². The fraction of sp³-hybridized carbons (Fsp3) is 0. The van der Waals surface area contributed by atoms with E-state index < -0.39 is 0 Å². The van der Waals surface area contributed by atoms with Crippen LogP contribution in [0.5, 0.6) is 0 Å². The normalized spacial score (nSPS) is 11.9. The molecule has 0 bridgehead atoms. The lowest BCUT2D eigenvalue weighted by Gasteiger charge is -2.15. The lowest BCUT2D eigenvalue weighted by molar-refractivity contribution is 1.08. The van der Waals surface area contributed by atoms with E-state index in [-0.39, 0.29) is 0 Å². The Morgan fingerprint density at radius 1 is 0.391 bits per heavy atom. The first kappa shape index (κ1) is 25.1. The van der Waals surface area contributed by atoms with Gasteiger partial charge in [0, 0.05) is 32.8 Å². The van der Waals surface area contributed by atoms with Crippen LogP contribution < -0.4 is 0 Å². The van der Waals surface area contributed by atoms with Crippen LogP contribution in [0.25, 0.3) is 88.2 Å². The predicted molar refractivity (Wildman–Crippen MR) is 191 cm³/mol. The van der Waals surface area contributed by atoms with E-state index in [4.69, 9.17) is 9.97 Å². The van der Waals surface area contributed by atoms with Gasteiger partial charge in [-0.2, -0.15) is 0 Å². The quantitative estimate of drug-likeness (QED) is 0.206. The number of para-hydroxylation sites is 4. The van der Waals surface area contributed by atoms with Gasteiger partial charge < -0.3 is 4.57 Å². The molecule has 0 spiro atoms. The highest BCUT2D eigenvalue weighted by Gasteiger charge is 2.24. The molecule has 0 saturated heterocycles. The number of benzene rings is 7. The predicted octanol–water partition coefficient (Wildman–Crippen LogP) is 10.6. The molecule has 0 saturated carbocycles. The molecule has 214 valence electrons. The summed E-state index contributed by atoms with van der Waals surface area (Å²) in [5.41, 5.74) is 9.29. The second-order valence-electron chi connectivity index (χ2n) is 11.8. The van der Waals surface area contributed by atoms with Gasteiger partial charge in [0.2, 0.25) is 0 Å². The van der Waals surface area contributed by atoms with E-state index >= 15 is 0 Å². The van der Waals surface area contributed by atoms with Crippen LogP contribution >= 0.6 is 0 Å². The maximum atomic E-state index is 5.39. The monoisotopic (exact) mass is 586 g/mol. The molecule has 4 heteroatoms. The van der Waals surface area contributed by atoms with Gasteiger partial charge in [0.25, 0.3) is 0 Å². The van der Waals surface area contributed by atoms with Gasteiger partial charge in [0.15, 0.2) is 5.82 Å². The molecule has 0 aliphatic carbocycles. The highest BCUT2D eigenvalue weighted by atomic mass is 15.1. The number of rotatable bonds is 3. The molecule has 0 radical (unpaired) electrons. The van der Waals surface area contributed by atoms with Gasteiger partial charge >= 0.3 is 0 Å². The van der Waals surface area contributed by atoms with Crippen LogP contribution in [-0.4, -0.2) is 19.1 Å². The van der Waals surface area contributed by atoms with E-state index in [0.717, 1.165) is 50.3 Å². The molecule has 0 amide bonds. The Hall–Kier alpha value is -6.26. The molecule has 46 heavy (non-hydrogen) atoms. The third kappa shape index (κ3) is 3.55. The van der Waals surface area contributed by atoms with E-state index in [1.165, 1.54) is 37.8 Å². The average Bonchev–Trinajstić information content (AvgIpc) is 3.64. The van der Waals surface area contributed by atoms with Crippen molar-refractivity contribution in [2.45, 2.75) is 0 Å². The molecule has 7 aromatic carbocycles. The van der Waals surface area contributed by atoms with Gasteiger partial charge in [0.1, 0.15) is 5.69 Å². The Morgan fingerprint density at radius 3 is 1.70 bits per heavy atom. The van der Waals surface area contributed by atoms with Gasteiger partial charge in [-0.25, -0.2) is 9.97 Å². The first-order valence-electron chi connectivity index (χ1n) is 15.6. The number of fused-ring (bicyclic) bond motifs is 9. The van der Waals surface area contributed by atoms with Crippen molar-refractivity contribution in [2.24, 2.45) is 0 Å². The van der Waals surface area contributed by atoms with E-state index in [2.05, 4.69) is 143 Å². The molecule has 3 aromatic heterocycles. The summed E-state index contributed by atoms with van der Waals surface area (Å²) >= 11 is 0. The first-order chi connectivity index (χ1) is 22.8. The standard InChI is InChI=1S/C42H26N4/c1-2-13-28(14-3-1)39-42(44-36-19-9-8-18-35(36)43-39)46-38-21-11-7-17-32(38)34-25-24-33-31-16-6-10-20-37(31)45(40(33)41(34)46)30-23-22-27-12-4-5-15-29(27)26-30/h1-26H. The Balaban J connectivity index is 1.44. The molecule has 10 rings (SSSR count). The lowest BCUT2D eigenvalue weighted by atomic mass is 10.1. The smallest absolute Gasteiger partial charge is 0.165 e. The van der Waals surface area contributed by atoms with Crippen molar-refractivity contribution >= 4 is 65.4 Å². The molecule has 3 heterocycles. The van der Waals surface area contributed by atoms with Crippen LogP contribution in [0.3, 0.4) is 0 Å². The number of aromatic nitrogens is 4. The van der Waals surface area contributed by atoms with Gasteiger partial charge in [-0.15, -0.1) is 0 Å². The maximum absolute atomic E-state index is 5.39. The van der Waals surface area contributed by atoms with E-state index in [1.54, 1.807) is 0 Å².